The summed E-state index contributed by atoms with van der Waals surface area (Å²) in [5, 5.41) is 14.1. The molecule has 0 atom stereocenters. The van der Waals surface area contributed by atoms with Gasteiger partial charge in [0, 0.05) is 22.8 Å². The topological polar surface area (TPSA) is 94.4 Å². The van der Waals surface area contributed by atoms with Gasteiger partial charge in [-0.2, -0.15) is 0 Å². The first-order chi connectivity index (χ1) is 13.0. The first-order valence-corrected chi connectivity index (χ1v) is 8.31. The van der Waals surface area contributed by atoms with Crippen molar-refractivity contribution in [3.63, 3.8) is 0 Å². The van der Waals surface area contributed by atoms with Crippen molar-refractivity contribution in [2.24, 2.45) is 0 Å². The molecule has 27 heavy (non-hydrogen) atoms. The van der Waals surface area contributed by atoms with E-state index < -0.39 is 4.92 Å². The molecule has 1 amide bonds. The minimum Gasteiger partial charge on any atom is -0.450 e. The molecule has 0 unspecified atom stereocenters. The molecule has 7 nitrogen and oxygen atoms in total. The van der Waals surface area contributed by atoms with Crippen LogP contribution in [0.25, 0.3) is 0 Å². The summed E-state index contributed by atoms with van der Waals surface area (Å²) in [6.45, 7) is 0.314. The zero-order valence-corrected chi connectivity index (χ0v) is 14.7. The standard InChI is InChI=1S/C19H14ClN3O4/c20-14-6-9-18(17(11-14)23(25)26)27-16-7-4-13(5-8-16)19(24)22-12-15-3-1-2-10-21-15/h1-11H,12H2,(H,22,24). The number of rotatable bonds is 6. The Balaban J connectivity index is 1.67. The Morgan fingerprint density at radius 2 is 1.93 bits per heavy atom. The lowest BCUT2D eigenvalue weighted by atomic mass is 10.2. The third-order valence-corrected chi connectivity index (χ3v) is 3.85. The Labute approximate surface area is 159 Å². The molecule has 3 aromatic rings. The summed E-state index contributed by atoms with van der Waals surface area (Å²) in [7, 11) is 0. The lowest BCUT2D eigenvalue weighted by Gasteiger charge is -2.08. The first-order valence-electron chi connectivity index (χ1n) is 7.93. The lowest BCUT2D eigenvalue weighted by molar-refractivity contribution is -0.385. The number of hydrogen-bond acceptors (Lipinski definition) is 5. The summed E-state index contributed by atoms with van der Waals surface area (Å²) in [5.41, 5.74) is 0.949. The van der Waals surface area contributed by atoms with Crippen LogP contribution in [0.15, 0.2) is 66.9 Å². The molecule has 1 N–H and O–H groups in total. The van der Waals surface area contributed by atoms with Crippen molar-refractivity contribution >= 4 is 23.2 Å². The Hall–Kier alpha value is -3.45. The summed E-state index contributed by atoms with van der Waals surface area (Å²) < 4.78 is 5.55. The Bertz CT molecular complexity index is 962. The third-order valence-electron chi connectivity index (χ3n) is 3.62. The fourth-order valence-corrected chi connectivity index (χ4v) is 2.46. The molecular weight excluding hydrogens is 370 g/mol. The lowest BCUT2D eigenvalue weighted by Crippen LogP contribution is -2.23. The number of nitro benzene ring substituents is 1. The van der Waals surface area contributed by atoms with Gasteiger partial charge in [0.25, 0.3) is 5.91 Å². The molecule has 0 saturated heterocycles. The van der Waals surface area contributed by atoms with Crippen LogP contribution in [0.1, 0.15) is 16.1 Å². The highest BCUT2D eigenvalue weighted by Crippen LogP contribution is 2.33. The highest BCUT2D eigenvalue weighted by molar-refractivity contribution is 6.30. The number of benzene rings is 2. The SMILES string of the molecule is O=C(NCc1ccccn1)c1ccc(Oc2ccc(Cl)cc2[N+](=O)[O-])cc1. The van der Waals surface area contributed by atoms with Crippen LogP contribution in [0.2, 0.25) is 5.02 Å². The maximum atomic E-state index is 12.2. The molecule has 136 valence electrons. The van der Waals surface area contributed by atoms with Crippen LogP contribution in [0.4, 0.5) is 5.69 Å². The number of ether oxygens (including phenoxy) is 1. The van der Waals surface area contributed by atoms with Gasteiger partial charge in [0.15, 0.2) is 0 Å². The van der Waals surface area contributed by atoms with E-state index >= 15 is 0 Å². The van der Waals surface area contributed by atoms with Gasteiger partial charge in [-0.15, -0.1) is 0 Å². The van der Waals surface area contributed by atoms with Gasteiger partial charge in [0.1, 0.15) is 5.75 Å². The number of nitrogens with zero attached hydrogens (tertiary/aromatic N) is 2. The fraction of sp³-hybridized carbons (Fsp3) is 0.0526. The van der Waals surface area contributed by atoms with Gasteiger partial charge < -0.3 is 10.1 Å². The molecule has 0 spiro atoms. The Morgan fingerprint density at radius 1 is 1.15 bits per heavy atom. The fourth-order valence-electron chi connectivity index (χ4n) is 2.30. The van der Waals surface area contributed by atoms with Crippen LogP contribution in [0, 0.1) is 10.1 Å². The Kier molecular flexibility index (Phi) is 5.63. The minimum absolute atomic E-state index is 0.0664. The largest absolute Gasteiger partial charge is 0.450 e. The average molecular weight is 384 g/mol. The van der Waals surface area contributed by atoms with Crippen molar-refractivity contribution in [3.8, 4) is 11.5 Å². The van der Waals surface area contributed by atoms with Gasteiger partial charge in [-0.1, -0.05) is 17.7 Å². The van der Waals surface area contributed by atoms with Crippen molar-refractivity contribution in [1.29, 1.82) is 0 Å². The summed E-state index contributed by atoms with van der Waals surface area (Å²) in [6, 6.07) is 15.9. The van der Waals surface area contributed by atoms with Crippen LogP contribution in [0.5, 0.6) is 11.5 Å². The number of nitrogens with one attached hydrogen (secondary N) is 1. The quantitative estimate of drug-likeness (QED) is 0.504. The van der Waals surface area contributed by atoms with E-state index in [0.717, 1.165) is 5.69 Å². The summed E-state index contributed by atoms with van der Waals surface area (Å²) in [6.07, 6.45) is 1.66. The van der Waals surface area contributed by atoms with Crippen LogP contribution in [-0.4, -0.2) is 15.8 Å². The molecule has 3 rings (SSSR count). The van der Waals surface area contributed by atoms with E-state index in [9.17, 15) is 14.9 Å². The predicted molar refractivity (Wildman–Crippen MR) is 100 cm³/mol. The van der Waals surface area contributed by atoms with Crippen LogP contribution in [-0.2, 0) is 6.54 Å². The van der Waals surface area contributed by atoms with E-state index in [4.69, 9.17) is 16.3 Å². The molecule has 0 saturated carbocycles. The van der Waals surface area contributed by atoms with Crippen molar-refractivity contribution < 1.29 is 14.5 Å². The zero-order chi connectivity index (χ0) is 19.2. The van der Waals surface area contributed by atoms with Crippen molar-refractivity contribution in [2.45, 2.75) is 6.54 Å². The summed E-state index contributed by atoms with van der Waals surface area (Å²) in [4.78, 5) is 26.9. The van der Waals surface area contributed by atoms with E-state index in [-0.39, 0.29) is 22.4 Å². The van der Waals surface area contributed by atoms with Gasteiger partial charge in [-0.05, 0) is 48.5 Å². The van der Waals surface area contributed by atoms with Crippen LogP contribution in [0.3, 0.4) is 0 Å². The second-order valence-corrected chi connectivity index (χ2v) is 5.94. The number of amides is 1. The maximum absolute atomic E-state index is 12.2. The molecule has 8 heteroatoms. The van der Waals surface area contributed by atoms with E-state index in [0.29, 0.717) is 17.9 Å². The second kappa shape index (κ2) is 8.29. The molecule has 1 aromatic heterocycles. The first kappa shape index (κ1) is 18.3. The number of halogens is 1. The minimum atomic E-state index is -0.569. The molecular formula is C19H14ClN3O4. The van der Waals surface area contributed by atoms with E-state index in [1.807, 2.05) is 12.1 Å². The van der Waals surface area contributed by atoms with Gasteiger partial charge in [-0.25, -0.2) is 0 Å². The third kappa shape index (κ3) is 4.80. The number of carbonyl (C=O) groups is 1. The zero-order valence-electron chi connectivity index (χ0n) is 14.0. The molecule has 0 aliphatic carbocycles. The number of aromatic nitrogens is 1. The number of nitro groups is 1. The van der Waals surface area contributed by atoms with Gasteiger partial charge in [-0.3, -0.25) is 19.9 Å². The number of pyridine rings is 1. The molecule has 0 radical (unpaired) electrons. The van der Waals surface area contributed by atoms with Crippen molar-refractivity contribution in [3.05, 3.63) is 93.3 Å². The van der Waals surface area contributed by atoms with E-state index in [1.54, 1.807) is 36.5 Å². The molecule has 1 heterocycles. The van der Waals surface area contributed by atoms with Gasteiger partial charge in [0.05, 0.1) is 17.2 Å². The normalized spacial score (nSPS) is 10.3. The van der Waals surface area contributed by atoms with Crippen molar-refractivity contribution in [2.75, 3.05) is 0 Å². The predicted octanol–water partition coefficient (Wildman–Crippen LogP) is 4.37. The average Bonchev–Trinajstić information content (AvgIpc) is 2.68. The highest BCUT2D eigenvalue weighted by Gasteiger charge is 2.16. The molecule has 0 fully saturated rings. The van der Waals surface area contributed by atoms with E-state index in [2.05, 4.69) is 10.3 Å². The summed E-state index contributed by atoms with van der Waals surface area (Å²) in [5.74, 6) is 0.170. The molecule has 2 aromatic carbocycles. The molecule has 0 aliphatic rings. The summed E-state index contributed by atoms with van der Waals surface area (Å²) >= 11 is 5.78. The van der Waals surface area contributed by atoms with Crippen LogP contribution < -0.4 is 10.1 Å². The highest BCUT2D eigenvalue weighted by atomic mass is 35.5. The number of carbonyl (C=O) groups excluding carboxylic acids is 1. The van der Waals surface area contributed by atoms with E-state index in [1.165, 1.54) is 18.2 Å². The number of hydrogen-bond donors (Lipinski definition) is 1. The van der Waals surface area contributed by atoms with Gasteiger partial charge in [0.2, 0.25) is 5.75 Å². The Morgan fingerprint density at radius 3 is 2.59 bits per heavy atom. The van der Waals surface area contributed by atoms with Gasteiger partial charge >= 0.3 is 5.69 Å². The van der Waals surface area contributed by atoms with Crippen molar-refractivity contribution in [1.82, 2.24) is 10.3 Å². The smallest absolute Gasteiger partial charge is 0.313 e. The monoisotopic (exact) mass is 383 g/mol. The maximum Gasteiger partial charge on any atom is 0.313 e. The van der Waals surface area contributed by atoms with Crippen LogP contribution >= 0.6 is 11.6 Å². The molecule has 0 bridgehead atoms. The molecule has 0 aliphatic heterocycles. The second-order valence-electron chi connectivity index (χ2n) is 5.50.